The number of carbonyl (C=O) groups excluding carboxylic acids is 11. The van der Waals surface area contributed by atoms with Gasteiger partial charge in [0, 0.05) is 61.1 Å². The summed E-state index contributed by atoms with van der Waals surface area (Å²) in [6.07, 6.45) is 0. The maximum absolute atomic E-state index is 12.9. The molecule has 0 saturated carbocycles. The summed E-state index contributed by atoms with van der Waals surface area (Å²) in [6.45, 7) is 17.3. The number of hydrazine groups is 1. The van der Waals surface area contributed by atoms with Crippen LogP contribution >= 0.6 is 11.6 Å². The number of carbonyl (C=O) groups is 11. The fourth-order valence-electron chi connectivity index (χ4n) is 8.47. The van der Waals surface area contributed by atoms with Crippen LogP contribution in [0, 0.1) is 11.8 Å². The zero-order chi connectivity index (χ0) is 60.7. The van der Waals surface area contributed by atoms with Crippen molar-refractivity contribution in [3.63, 3.8) is 0 Å². The molecule has 8 N–H and O–H groups in total. The van der Waals surface area contributed by atoms with Crippen molar-refractivity contribution in [2.45, 2.75) is 76.7 Å². The number of ketones is 7. The van der Waals surface area contributed by atoms with E-state index >= 15 is 0 Å². The molecule has 82 heavy (non-hydrogen) atoms. The summed E-state index contributed by atoms with van der Waals surface area (Å²) in [5.41, 5.74) is 6.32. The minimum atomic E-state index is -1.37. The number of rotatable bonds is 8. The zero-order valence-corrected chi connectivity index (χ0v) is 47.2. The third kappa shape index (κ3) is 16.1. The molecule has 2 unspecified atom stereocenters. The number of aromatic nitrogens is 2. The first-order chi connectivity index (χ1) is 38.9. The predicted molar refractivity (Wildman–Crippen MR) is 320 cm³/mol. The Bertz CT molecular complexity index is 3310. The second-order valence-corrected chi connectivity index (χ2v) is 17.0. The fourth-order valence-corrected chi connectivity index (χ4v) is 8.47. The van der Waals surface area contributed by atoms with Crippen LogP contribution in [0.5, 0.6) is 0 Å². The first-order valence-corrected chi connectivity index (χ1v) is 26.0. The Kier molecular flexibility index (Phi) is 27.8. The minimum absolute atomic E-state index is 0. The number of halogens is 1. The molecule has 0 spiro atoms. The molecule has 6 aromatic carbocycles. The van der Waals surface area contributed by atoms with Gasteiger partial charge in [0.25, 0.3) is 0 Å². The van der Waals surface area contributed by atoms with E-state index in [1.165, 1.54) is 39.8 Å². The first kappa shape index (κ1) is 68.6. The summed E-state index contributed by atoms with van der Waals surface area (Å²) in [4.78, 5) is 131. The molecule has 3 aliphatic rings. The molecule has 2 atom stereocenters. The third-order valence-corrected chi connectivity index (χ3v) is 11.4. The van der Waals surface area contributed by atoms with Gasteiger partial charge in [-0.25, -0.2) is 0 Å². The lowest BCUT2D eigenvalue weighted by molar-refractivity contribution is -0.115. The van der Waals surface area contributed by atoms with E-state index in [9.17, 15) is 52.7 Å². The number of aromatic amines is 1. The summed E-state index contributed by atoms with van der Waals surface area (Å²) < 4.78 is 0. The molecular weight excluding hydrogens is 1070 g/mol. The Morgan fingerprint density at radius 3 is 1.10 bits per heavy atom. The smallest absolute Gasteiger partial charge is 0.221 e. The molecule has 19 heteroatoms. The summed E-state index contributed by atoms with van der Waals surface area (Å²) in [5.74, 6) is 1.01. The lowest BCUT2D eigenvalue weighted by Gasteiger charge is -2.07. The third-order valence-electron chi connectivity index (χ3n) is 11.4. The highest BCUT2D eigenvalue weighted by atomic mass is 35.5. The van der Waals surface area contributed by atoms with Gasteiger partial charge in [-0.2, -0.15) is 5.10 Å². The van der Waals surface area contributed by atoms with Crippen LogP contribution in [0.25, 0.3) is 22.5 Å². The summed E-state index contributed by atoms with van der Waals surface area (Å²) in [5, 5.41) is 14.7. The number of benzene rings is 6. The Labute approximate surface area is 481 Å². The van der Waals surface area contributed by atoms with Crippen LogP contribution in [0.1, 0.15) is 155 Å². The Morgan fingerprint density at radius 1 is 0.439 bits per heavy atom. The number of nitrogens with zero attached hydrogens (tertiary/aromatic N) is 1. The number of fused-ring (bicyclic) bond motifs is 5. The van der Waals surface area contributed by atoms with Crippen molar-refractivity contribution >= 4 is 92.1 Å². The van der Waals surface area contributed by atoms with E-state index < -0.39 is 46.5 Å². The van der Waals surface area contributed by atoms with Crippen LogP contribution < -0.4 is 27.6 Å². The van der Waals surface area contributed by atoms with Gasteiger partial charge in [-0.05, 0) is 29.8 Å². The lowest BCUT2D eigenvalue weighted by atomic mass is 9.93. The van der Waals surface area contributed by atoms with Crippen LogP contribution in [0.2, 0.25) is 0 Å². The molecule has 1 heterocycles. The number of nitrogens with two attached hydrogens (primary N) is 2. The minimum Gasteiger partial charge on any atom is -0.326 e. The van der Waals surface area contributed by atoms with E-state index in [0.29, 0.717) is 39.3 Å². The molecule has 0 radical (unpaired) electrons. The van der Waals surface area contributed by atoms with Crippen molar-refractivity contribution in [1.29, 1.82) is 0 Å². The first-order valence-electron chi connectivity index (χ1n) is 25.7. The van der Waals surface area contributed by atoms with Crippen molar-refractivity contribution in [1.82, 2.24) is 10.2 Å². The summed E-state index contributed by atoms with van der Waals surface area (Å²) in [7, 11) is 0. The van der Waals surface area contributed by atoms with Crippen LogP contribution in [-0.4, -0.2) is 73.6 Å². The number of H-pyrrole nitrogens is 1. The van der Waals surface area contributed by atoms with Crippen LogP contribution in [0.4, 0.5) is 17.1 Å². The van der Waals surface area contributed by atoms with Gasteiger partial charge in [0.05, 0.1) is 45.0 Å². The fraction of sp³-hybridized carbons (Fsp3) is 0.206. The maximum atomic E-state index is 12.9. The average Bonchev–Trinajstić information content (AvgIpc) is 4.40. The van der Waals surface area contributed by atoms with Crippen molar-refractivity contribution in [2.24, 2.45) is 23.5 Å². The number of anilines is 3. The summed E-state index contributed by atoms with van der Waals surface area (Å²) >= 11 is 4.64. The Balaban J connectivity index is 0.000000381. The van der Waals surface area contributed by atoms with E-state index in [2.05, 4.69) is 49.4 Å². The van der Waals surface area contributed by atoms with E-state index in [0.717, 1.165) is 11.1 Å². The van der Waals surface area contributed by atoms with E-state index in [1.54, 1.807) is 91.0 Å². The molecule has 3 aliphatic carbocycles. The average molecular weight is 1130 g/mol. The highest BCUT2D eigenvalue weighted by Crippen LogP contribution is 2.43. The number of nitrogens with one attached hydrogen (secondary N) is 4. The van der Waals surface area contributed by atoms with Crippen LogP contribution in [-0.2, 0) is 19.2 Å². The standard InChI is InChI=1S/C18H13N3O2.2C18H13NO4.C2H3ClO.3C2H6.CH4.H4N2/c1-10(22)19-13-9-5-8-12-14(13)18(23)15-16(20-21-17(12)15)11-6-3-2-4-7-11;2*1-10(20)19-13-9-5-8-12-14(13)18(23)15(17(12)22)16(21)11-6-3-2-4-7-11;1-2(3)4;3*1-2;;1-2/h2-9H,1H3,(H,19,22)(H,20,21);2*2-9,15H,1H3,(H,19,20);1H3;3*1-2H3;1H4;1-2H2. The van der Waals surface area contributed by atoms with Gasteiger partial charge in [-0.3, -0.25) is 69.5 Å². The predicted octanol–water partition coefficient (Wildman–Crippen LogP) is 11.6. The molecule has 7 aromatic rings. The molecule has 428 valence electrons. The second kappa shape index (κ2) is 33.2. The number of hydrogen-bond donors (Lipinski definition) is 6. The largest absolute Gasteiger partial charge is 0.326 e. The molecule has 0 fully saturated rings. The Morgan fingerprint density at radius 2 is 0.756 bits per heavy atom. The van der Waals surface area contributed by atoms with Gasteiger partial charge < -0.3 is 16.0 Å². The van der Waals surface area contributed by atoms with Gasteiger partial charge in [-0.1, -0.05) is 176 Å². The lowest BCUT2D eigenvalue weighted by Crippen LogP contribution is -2.25. The van der Waals surface area contributed by atoms with Gasteiger partial charge >= 0.3 is 0 Å². The molecule has 18 nitrogen and oxygen atoms in total. The molecule has 3 amide bonds. The molecule has 1 aromatic heterocycles. The van der Waals surface area contributed by atoms with Crippen LogP contribution in [0.3, 0.4) is 0 Å². The highest BCUT2D eigenvalue weighted by molar-refractivity contribution is 6.62. The van der Waals surface area contributed by atoms with Gasteiger partial charge in [0.2, 0.25) is 23.0 Å². The van der Waals surface area contributed by atoms with E-state index in [4.69, 9.17) is 0 Å². The molecule has 0 bridgehead atoms. The quantitative estimate of drug-likeness (QED) is 0.0271. The number of Topliss-reactive ketones (excluding diaryl/α,β-unsaturated/α-hetero) is 6. The molecule has 0 saturated heterocycles. The van der Waals surface area contributed by atoms with E-state index in [1.807, 2.05) is 84.0 Å². The monoisotopic (exact) mass is 1130 g/mol. The SMILES string of the molecule is C.CC.CC.CC.CC(=O)Cl.CC(=O)Nc1cccc2c1C(=O)C(C(=O)c1ccccc1)C2=O.CC(=O)Nc1cccc2c1C(=O)C(C(=O)c1ccccc1)C2=O.CC(=O)Nc1cccc2c1C(=O)c1c(-c3ccccc3)n[nH]c1-2.NN. The van der Waals surface area contributed by atoms with Crippen molar-refractivity contribution in [2.75, 3.05) is 16.0 Å². The molecular formula is C63H68ClN7O11. The van der Waals surface area contributed by atoms with E-state index in [-0.39, 0.29) is 69.8 Å². The maximum Gasteiger partial charge on any atom is 0.221 e. The summed E-state index contributed by atoms with van der Waals surface area (Å²) in [6, 6.07) is 40.7. The van der Waals surface area contributed by atoms with Crippen molar-refractivity contribution in [3.8, 4) is 22.5 Å². The van der Waals surface area contributed by atoms with Gasteiger partial charge in [0.1, 0.15) is 17.5 Å². The van der Waals surface area contributed by atoms with Gasteiger partial charge in [0.15, 0.2) is 40.5 Å². The Hall–Kier alpha value is -9.49. The molecule has 10 rings (SSSR count). The highest BCUT2D eigenvalue weighted by Gasteiger charge is 2.46. The van der Waals surface area contributed by atoms with Crippen molar-refractivity contribution < 1.29 is 52.7 Å². The number of hydrogen-bond acceptors (Lipinski definition) is 14. The normalized spacial score (nSPS) is 13.0. The second-order valence-electron chi connectivity index (χ2n) is 16.5. The van der Waals surface area contributed by atoms with Crippen molar-refractivity contribution in [3.05, 3.63) is 190 Å². The van der Waals surface area contributed by atoms with Gasteiger partial charge in [-0.15, -0.1) is 0 Å². The molecule has 0 aliphatic heterocycles. The zero-order valence-electron chi connectivity index (χ0n) is 46.5. The van der Waals surface area contributed by atoms with Crippen LogP contribution in [0.15, 0.2) is 146 Å². The number of amides is 3. The topological polar surface area (TPSA) is 305 Å².